The number of nitrogens with zero attached hydrogens (tertiary/aromatic N) is 1. The highest BCUT2D eigenvalue weighted by Crippen LogP contribution is 2.32. The van der Waals surface area contributed by atoms with Crippen molar-refractivity contribution in [3.8, 4) is 11.1 Å². The van der Waals surface area contributed by atoms with E-state index in [9.17, 15) is 9.18 Å². The summed E-state index contributed by atoms with van der Waals surface area (Å²) in [5.41, 5.74) is 2.37. The molecule has 1 amide bonds. The topological polar surface area (TPSA) is 48.1 Å². The molecule has 4 rings (SSSR count). The van der Waals surface area contributed by atoms with E-state index in [1.165, 1.54) is 12.1 Å². The smallest absolute Gasteiger partial charge is 0.256 e. The van der Waals surface area contributed by atoms with E-state index in [1.54, 1.807) is 18.3 Å². The number of H-pyrrole nitrogens is 1. The highest BCUT2D eigenvalue weighted by molar-refractivity contribution is 6.01. The molecule has 2 unspecified atom stereocenters. The van der Waals surface area contributed by atoms with E-state index < -0.39 is 0 Å². The fraction of sp³-hybridized carbons (Fsp3) is 0.389. The molecule has 2 saturated heterocycles. The maximum absolute atomic E-state index is 13.1. The minimum absolute atomic E-state index is 0. The van der Waals surface area contributed by atoms with Gasteiger partial charge in [-0.25, -0.2) is 4.39 Å². The Labute approximate surface area is 146 Å². The molecule has 2 N–H and O–H groups in total. The molecular formula is C18H21ClFN3O. The first-order valence-electron chi connectivity index (χ1n) is 8.20. The minimum atomic E-state index is -0.270. The van der Waals surface area contributed by atoms with Gasteiger partial charge in [0.2, 0.25) is 0 Å². The molecule has 2 fully saturated rings. The van der Waals surface area contributed by atoms with Gasteiger partial charge in [0.25, 0.3) is 5.91 Å². The minimum Gasteiger partial charge on any atom is -0.366 e. The maximum Gasteiger partial charge on any atom is 0.256 e. The summed E-state index contributed by atoms with van der Waals surface area (Å²) in [6.45, 7) is 1.85. The molecule has 0 aliphatic carbocycles. The van der Waals surface area contributed by atoms with Gasteiger partial charge in [0, 0.05) is 36.6 Å². The second kappa shape index (κ2) is 6.95. The lowest BCUT2D eigenvalue weighted by Gasteiger charge is -2.28. The quantitative estimate of drug-likeness (QED) is 0.874. The van der Waals surface area contributed by atoms with Crippen molar-refractivity contribution in [3.63, 3.8) is 0 Å². The Hall–Kier alpha value is -1.85. The van der Waals surface area contributed by atoms with Gasteiger partial charge >= 0.3 is 0 Å². The van der Waals surface area contributed by atoms with Crippen LogP contribution in [-0.2, 0) is 0 Å². The SMILES string of the molecule is Cl.O=C(c1c[nH]cc1-c1ccc(F)cc1)N1C2CCNCC1CC2. The fourth-order valence-electron chi connectivity index (χ4n) is 3.86. The van der Waals surface area contributed by atoms with Crippen LogP contribution in [0.1, 0.15) is 29.6 Å². The highest BCUT2D eigenvalue weighted by Gasteiger charge is 2.39. The maximum atomic E-state index is 13.1. The molecule has 2 aromatic rings. The van der Waals surface area contributed by atoms with E-state index in [4.69, 9.17) is 0 Å². The van der Waals surface area contributed by atoms with Gasteiger partial charge in [0.05, 0.1) is 5.56 Å². The lowest BCUT2D eigenvalue weighted by molar-refractivity contribution is 0.0681. The molecule has 2 aliphatic heterocycles. The summed E-state index contributed by atoms with van der Waals surface area (Å²) in [4.78, 5) is 18.2. The third-order valence-electron chi connectivity index (χ3n) is 5.02. The van der Waals surface area contributed by atoms with E-state index >= 15 is 0 Å². The normalized spacial score (nSPS) is 22.8. The van der Waals surface area contributed by atoms with Gasteiger partial charge in [0.15, 0.2) is 0 Å². The van der Waals surface area contributed by atoms with Crippen molar-refractivity contribution in [2.75, 3.05) is 13.1 Å². The molecule has 1 aromatic heterocycles. The van der Waals surface area contributed by atoms with Crippen LogP contribution in [0.25, 0.3) is 11.1 Å². The molecule has 6 heteroatoms. The Kier molecular flexibility index (Phi) is 4.92. The first-order chi connectivity index (χ1) is 11.2. The predicted molar refractivity (Wildman–Crippen MR) is 93.9 cm³/mol. The fourth-order valence-corrected chi connectivity index (χ4v) is 3.86. The van der Waals surface area contributed by atoms with Crippen molar-refractivity contribution in [2.24, 2.45) is 0 Å². The van der Waals surface area contributed by atoms with Gasteiger partial charge < -0.3 is 15.2 Å². The van der Waals surface area contributed by atoms with Crippen LogP contribution >= 0.6 is 12.4 Å². The van der Waals surface area contributed by atoms with E-state index in [2.05, 4.69) is 15.2 Å². The number of nitrogens with one attached hydrogen (secondary N) is 2. The summed E-state index contributed by atoms with van der Waals surface area (Å²) < 4.78 is 13.1. The van der Waals surface area contributed by atoms with Crippen LogP contribution < -0.4 is 5.32 Å². The number of carbonyl (C=O) groups is 1. The average molecular weight is 350 g/mol. The summed E-state index contributed by atoms with van der Waals surface area (Å²) in [6.07, 6.45) is 6.75. The highest BCUT2D eigenvalue weighted by atomic mass is 35.5. The van der Waals surface area contributed by atoms with Crippen LogP contribution in [0.5, 0.6) is 0 Å². The van der Waals surface area contributed by atoms with Crippen molar-refractivity contribution < 1.29 is 9.18 Å². The summed E-state index contributed by atoms with van der Waals surface area (Å²) >= 11 is 0. The summed E-state index contributed by atoms with van der Waals surface area (Å²) in [7, 11) is 0. The Morgan fingerprint density at radius 3 is 2.62 bits per heavy atom. The van der Waals surface area contributed by atoms with Crippen molar-refractivity contribution in [3.05, 3.63) is 48.0 Å². The van der Waals surface area contributed by atoms with E-state index in [0.717, 1.165) is 43.5 Å². The Balaban J connectivity index is 0.00000169. The molecule has 2 bridgehead atoms. The van der Waals surface area contributed by atoms with Gasteiger partial charge in [-0.05, 0) is 43.5 Å². The Bertz CT molecular complexity index is 701. The van der Waals surface area contributed by atoms with Gasteiger partial charge in [-0.2, -0.15) is 0 Å². The van der Waals surface area contributed by atoms with E-state index in [0.29, 0.717) is 11.6 Å². The molecule has 4 nitrogen and oxygen atoms in total. The van der Waals surface area contributed by atoms with Crippen LogP contribution in [0, 0.1) is 5.82 Å². The number of rotatable bonds is 2. The molecule has 2 atom stereocenters. The Morgan fingerprint density at radius 2 is 1.83 bits per heavy atom. The zero-order chi connectivity index (χ0) is 15.8. The Morgan fingerprint density at radius 1 is 1.08 bits per heavy atom. The van der Waals surface area contributed by atoms with Crippen molar-refractivity contribution in [1.82, 2.24) is 15.2 Å². The standard InChI is InChI=1S/C18H20FN3O.ClH/c19-13-3-1-12(2-4-13)16-10-21-11-17(16)18(23)22-14-5-6-15(22)9-20-8-7-14;/h1-4,10-11,14-15,20-21H,5-9H2;1H. The van der Waals surface area contributed by atoms with Gasteiger partial charge in [-0.15, -0.1) is 12.4 Å². The number of aromatic nitrogens is 1. The third-order valence-corrected chi connectivity index (χ3v) is 5.02. The molecule has 24 heavy (non-hydrogen) atoms. The molecule has 0 spiro atoms. The average Bonchev–Trinajstić information content (AvgIpc) is 3.11. The number of amides is 1. The van der Waals surface area contributed by atoms with Crippen LogP contribution in [0.2, 0.25) is 0 Å². The summed E-state index contributed by atoms with van der Waals surface area (Å²) in [5.74, 6) is -0.185. The predicted octanol–water partition coefficient (Wildman–Crippen LogP) is 3.21. The van der Waals surface area contributed by atoms with E-state index in [1.807, 2.05) is 6.20 Å². The first kappa shape index (κ1) is 17.0. The van der Waals surface area contributed by atoms with Gasteiger partial charge in [-0.3, -0.25) is 4.79 Å². The number of benzene rings is 1. The molecule has 1 aromatic carbocycles. The molecule has 0 saturated carbocycles. The van der Waals surface area contributed by atoms with Gasteiger partial charge in [-0.1, -0.05) is 12.1 Å². The zero-order valence-corrected chi connectivity index (χ0v) is 14.1. The molecule has 3 heterocycles. The van der Waals surface area contributed by atoms with Crippen LogP contribution in [0.15, 0.2) is 36.7 Å². The van der Waals surface area contributed by atoms with Crippen LogP contribution in [0.3, 0.4) is 0 Å². The molecule has 128 valence electrons. The number of halogens is 2. The lowest BCUT2D eigenvalue weighted by Crippen LogP contribution is -2.42. The zero-order valence-electron chi connectivity index (χ0n) is 13.3. The third kappa shape index (κ3) is 2.94. The van der Waals surface area contributed by atoms with Crippen molar-refractivity contribution >= 4 is 18.3 Å². The van der Waals surface area contributed by atoms with Crippen molar-refractivity contribution in [2.45, 2.75) is 31.3 Å². The van der Waals surface area contributed by atoms with Gasteiger partial charge in [0.1, 0.15) is 5.82 Å². The first-order valence-corrected chi connectivity index (χ1v) is 8.20. The molecule has 2 aliphatic rings. The number of hydrogen-bond donors (Lipinski definition) is 2. The number of fused-ring (bicyclic) bond motifs is 2. The number of hydrogen-bond acceptors (Lipinski definition) is 2. The monoisotopic (exact) mass is 349 g/mol. The summed E-state index contributed by atoms with van der Waals surface area (Å²) in [6, 6.07) is 6.90. The molecular weight excluding hydrogens is 329 g/mol. The lowest BCUT2D eigenvalue weighted by atomic mass is 10.0. The second-order valence-electron chi connectivity index (χ2n) is 6.38. The number of aromatic amines is 1. The van der Waals surface area contributed by atoms with Crippen LogP contribution in [0.4, 0.5) is 4.39 Å². The van der Waals surface area contributed by atoms with Crippen molar-refractivity contribution in [1.29, 1.82) is 0 Å². The second-order valence-corrected chi connectivity index (χ2v) is 6.38. The molecule has 0 radical (unpaired) electrons. The summed E-state index contributed by atoms with van der Waals surface area (Å²) in [5, 5.41) is 3.42. The van der Waals surface area contributed by atoms with E-state index in [-0.39, 0.29) is 30.2 Å². The largest absolute Gasteiger partial charge is 0.366 e. The number of carbonyl (C=O) groups excluding carboxylic acids is 1. The van der Waals surface area contributed by atoms with Crippen LogP contribution in [-0.4, -0.2) is 41.0 Å².